The van der Waals surface area contributed by atoms with Crippen LogP contribution in [0.3, 0.4) is 0 Å². The van der Waals surface area contributed by atoms with Gasteiger partial charge in [0.25, 0.3) is 0 Å². The molecule has 5 heavy (non-hydrogen) atoms. The van der Waals surface area contributed by atoms with Crippen molar-refractivity contribution in [3.63, 3.8) is 0 Å². The average molecular weight is 111 g/mol. The molecule has 0 bridgehead atoms. The Labute approximate surface area is 40.3 Å². The molecule has 0 amide bonds. The second kappa shape index (κ2) is 4.18. The van der Waals surface area contributed by atoms with Gasteiger partial charge in [-0.05, 0) is 22.6 Å². The summed E-state index contributed by atoms with van der Waals surface area (Å²) in [5, 5.41) is -0.361. The Bertz CT molecular complexity index is 32.6. The van der Waals surface area contributed by atoms with Gasteiger partial charge >= 0.3 is 0 Å². The number of hydrogen-bond acceptors (Lipinski definition) is 1. The Morgan fingerprint density at radius 1 is 1.80 bits per heavy atom. The van der Waals surface area contributed by atoms with Gasteiger partial charge in [0.1, 0.15) is 0 Å². The summed E-state index contributed by atoms with van der Waals surface area (Å²) >= 11 is 4.64. The summed E-state index contributed by atoms with van der Waals surface area (Å²) in [6.45, 7) is 1.29. The summed E-state index contributed by atoms with van der Waals surface area (Å²) in [5.74, 6) is 0. The molecular formula is C2H7ClOSi. The number of carbonyl (C=O) groups excluding carboxylic acids is 1. The van der Waals surface area contributed by atoms with Crippen LogP contribution in [-0.2, 0) is 4.79 Å². The Kier molecular flexibility index (Phi) is 7.48. The lowest BCUT2D eigenvalue weighted by atomic mass is 10.9. The van der Waals surface area contributed by atoms with Gasteiger partial charge in [-0.1, -0.05) is 0 Å². The third-order valence-corrected chi connectivity index (χ3v) is 0. The van der Waals surface area contributed by atoms with E-state index in [1.54, 1.807) is 0 Å². The van der Waals surface area contributed by atoms with Crippen LogP contribution in [-0.4, -0.2) is 16.2 Å². The van der Waals surface area contributed by atoms with Crippen LogP contribution in [0.1, 0.15) is 6.92 Å². The molecule has 0 aromatic rings. The van der Waals surface area contributed by atoms with E-state index in [1.807, 2.05) is 0 Å². The highest BCUT2D eigenvalue weighted by Crippen LogP contribution is 1.67. The zero-order chi connectivity index (χ0) is 3.58. The molecule has 32 valence electrons. The molecule has 0 rings (SSSR count). The number of rotatable bonds is 0. The summed E-state index contributed by atoms with van der Waals surface area (Å²) in [6, 6.07) is 0. The molecule has 0 aromatic carbocycles. The van der Waals surface area contributed by atoms with Crippen molar-refractivity contribution in [3.05, 3.63) is 0 Å². The molecule has 0 saturated heterocycles. The van der Waals surface area contributed by atoms with Crippen molar-refractivity contribution in [2.75, 3.05) is 0 Å². The van der Waals surface area contributed by atoms with Crippen molar-refractivity contribution in [3.8, 4) is 0 Å². The minimum Gasteiger partial charge on any atom is -0.282 e. The van der Waals surface area contributed by atoms with E-state index in [-0.39, 0.29) is 16.2 Å². The predicted octanol–water partition coefficient (Wildman–Crippen LogP) is -0.680. The second-order valence-electron chi connectivity index (χ2n) is 0.470. The largest absolute Gasteiger partial charge is 0.282 e. The smallest absolute Gasteiger partial charge is 0.218 e. The van der Waals surface area contributed by atoms with E-state index in [0.717, 1.165) is 0 Å². The number of carbonyl (C=O) groups is 1. The van der Waals surface area contributed by atoms with E-state index < -0.39 is 0 Å². The van der Waals surface area contributed by atoms with Gasteiger partial charge in [0.15, 0.2) is 0 Å². The molecule has 1 nitrogen and oxygen atoms in total. The van der Waals surface area contributed by atoms with Gasteiger partial charge < -0.3 is 0 Å². The summed E-state index contributed by atoms with van der Waals surface area (Å²) in [4.78, 5) is 9.21. The third-order valence-electron chi connectivity index (χ3n) is 0. The van der Waals surface area contributed by atoms with Gasteiger partial charge in [0.2, 0.25) is 5.24 Å². The van der Waals surface area contributed by atoms with Crippen LogP contribution in [0.5, 0.6) is 0 Å². The normalized spacial score (nSPS) is 5.20. The first-order valence-electron chi connectivity index (χ1n) is 0.893. The fraction of sp³-hybridized carbons (Fsp3) is 0.500. The van der Waals surface area contributed by atoms with Gasteiger partial charge in [0.05, 0.1) is 0 Å². The van der Waals surface area contributed by atoms with Crippen molar-refractivity contribution in [1.82, 2.24) is 0 Å². The topological polar surface area (TPSA) is 17.1 Å². The zero-order valence-electron chi connectivity index (χ0n) is 2.29. The van der Waals surface area contributed by atoms with Gasteiger partial charge in [-0.2, -0.15) is 0 Å². The van der Waals surface area contributed by atoms with Crippen LogP contribution in [0, 0.1) is 0 Å². The molecule has 0 aliphatic rings. The summed E-state index contributed by atoms with van der Waals surface area (Å²) in [7, 11) is 0. The fourth-order valence-corrected chi connectivity index (χ4v) is 0. The summed E-state index contributed by atoms with van der Waals surface area (Å²) in [5.41, 5.74) is 0. The van der Waals surface area contributed by atoms with E-state index in [0.29, 0.717) is 0 Å². The first kappa shape index (κ1) is 8.95. The van der Waals surface area contributed by atoms with E-state index in [1.165, 1.54) is 6.92 Å². The van der Waals surface area contributed by atoms with Crippen molar-refractivity contribution in [2.45, 2.75) is 6.92 Å². The quantitative estimate of drug-likeness (QED) is 0.298. The van der Waals surface area contributed by atoms with Gasteiger partial charge in [0, 0.05) is 6.92 Å². The van der Waals surface area contributed by atoms with E-state index >= 15 is 0 Å². The summed E-state index contributed by atoms with van der Waals surface area (Å²) in [6.07, 6.45) is 0. The van der Waals surface area contributed by atoms with Crippen LogP contribution in [0.25, 0.3) is 0 Å². The van der Waals surface area contributed by atoms with E-state index in [2.05, 4.69) is 11.6 Å². The van der Waals surface area contributed by atoms with Crippen LogP contribution in [0.2, 0.25) is 0 Å². The molecule has 0 spiro atoms. The maximum Gasteiger partial charge on any atom is 0.218 e. The lowest BCUT2D eigenvalue weighted by Crippen LogP contribution is -1.62. The lowest BCUT2D eigenvalue weighted by Gasteiger charge is -1.52. The third kappa shape index (κ3) is 633. The maximum atomic E-state index is 9.21. The maximum absolute atomic E-state index is 9.21. The van der Waals surface area contributed by atoms with Crippen molar-refractivity contribution in [2.24, 2.45) is 0 Å². The highest BCUT2D eigenvalue weighted by atomic mass is 35.5. The minimum atomic E-state index is -0.361. The molecule has 3 heteroatoms. The SMILES string of the molecule is CC(=O)Cl.[SiH4]. The fourth-order valence-electron chi connectivity index (χ4n) is 0. The molecule has 0 heterocycles. The molecule has 0 aliphatic heterocycles. The molecule has 0 unspecified atom stereocenters. The molecule has 0 aromatic heterocycles. The first-order valence-corrected chi connectivity index (χ1v) is 1.27. The minimum absolute atomic E-state index is 0. The highest BCUT2D eigenvalue weighted by molar-refractivity contribution is 6.62. The lowest BCUT2D eigenvalue weighted by molar-refractivity contribution is -0.109. The standard InChI is InChI=1S/C2H3ClO.H4Si/c1-2(3)4;/h1H3;1H4. The number of hydrogen-bond donors (Lipinski definition) is 0. The van der Waals surface area contributed by atoms with Crippen molar-refractivity contribution < 1.29 is 4.79 Å². The Morgan fingerprint density at radius 2 is 1.80 bits per heavy atom. The van der Waals surface area contributed by atoms with Crippen molar-refractivity contribution >= 4 is 27.8 Å². The Balaban J connectivity index is 0. The van der Waals surface area contributed by atoms with Gasteiger partial charge in [-0.3, -0.25) is 4.79 Å². The average Bonchev–Trinajstić information content (AvgIpc) is 0.811. The molecular weight excluding hydrogens is 104 g/mol. The van der Waals surface area contributed by atoms with E-state index in [4.69, 9.17) is 0 Å². The molecule has 0 fully saturated rings. The van der Waals surface area contributed by atoms with Crippen molar-refractivity contribution in [1.29, 1.82) is 0 Å². The van der Waals surface area contributed by atoms with Crippen LogP contribution in [0.15, 0.2) is 0 Å². The molecule has 0 N–H and O–H groups in total. The number of halogens is 1. The highest BCUT2D eigenvalue weighted by Gasteiger charge is 1.67. The van der Waals surface area contributed by atoms with Crippen LogP contribution >= 0.6 is 11.6 Å². The van der Waals surface area contributed by atoms with Crippen LogP contribution in [0.4, 0.5) is 0 Å². The molecule has 0 atom stereocenters. The van der Waals surface area contributed by atoms with Gasteiger partial charge in [-0.25, -0.2) is 0 Å². The second-order valence-corrected chi connectivity index (χ2v) is 1.00. The van der Waals surface area contributed by atoms with E-state index in [9.17, 15) is 4.79 Å². The predicted molar refractivity (Wildman–Crippen MR) is 27.9 cm³/mol. The van der Waals surface area contributed by atoms with Crippen LogP contribution < -0.4 is 0 Å². The molecule has 0 saturated carbocycles. The monoisotopic (exact) mass is 110 g/mol. The Hall–Kier alpha value is 0.177. The molecule has 0 radical (unpaired) electrons. The Morgan fingerprint density at radius 3 is 1.80 bits per heavy atom. The van der Waals surface area contributed by atoms with Gasteiger partial charge in [-0.15, -0.1) is 0 Å². The summed E-state index contributed by atoms with van der Waals surface area (Å²) < 4.78 is 0. The molecule has 0 aliphatic carbocycles. The first-order chi connectivity index (χ1) is 1.73. The zero-order valence-corrected chi connectivity index (χ0v) is 3.04.